The molecular formula is C10H7Na2O4P. The van der Waals surface area contributed by atoms with Crippen molar-refractivity contribution in [3.05, 3.63) is 42.5 Å². The smallest absolute Gasteiger partial charge is 0.780 e. The SMILES string of the molecule is O=P([O-])([O-])Oc1ccc2ccccc2c1.[Na+].[Na+]. The summed E-state index contributed by atoms with van der Waals surface area (Å²) in [6.45, 7) is 0. The molecule has 0 saturated carbocycles. The fraction of sp³-hybridized carbons (Fsp3) is 0. The summed E-state index contributed by atoms with van der Waals surface area (Å²) in [4.78, 5) is 20.8. The summed E-state index contributed by atoms with van der Waals surface area (Å²) in [5.74, 6) is 0.0435. The molecule has 0 spiro atoms. The molecule has 0 aliphatic heterocycles. The molecule has 0 fully saturated rings. The van der Waals surface area contributed by atoms with E-state index in [-0.39, 0.29) is 64.9 Å². The van der Waals surface area contributed by atoms with Gasteiger partial charge >= 0.3 is 59.1 Å². The summed E-state index contributed by atoms with van der Waals surface area (Å²) in [5, 5.41) is 1.78. The monoisotopic (exact) mass is 268 g/mol. The van der Waals surface area contributed by atoms with Crippen molar-refractivity contribution in [1.29, 1.82) is 0 Å². The Morgan fingerprint density at radius 3 is 2.12 bits per heavy atom. The standard InChI is InChI=1S/C10H9O4P.2Na/c11-15(12,13)14-10-6-5-8-3-1-2-4-9(8)7-10;;/h1-7H,(H2,11,12,13);;/q;2*+1/p-2. The Kier molecular flexibility index (Phi) is 7.57. The minimum absolute atomic E-state index is 0. The van der Waals surface area contributed by atoms with Crippen LogP contribution in [-0.4, -0.2) is 0 Å². The van der Waals surface area contributed by atoms with E-state index < -0.39 is 7.82 Å². The van der Waals surface area contributed by atoms with Crippen molar-refractivity contribution in [3.8, 4) is 5.75 Å². The van der Waals surface area contributed by atoms with Crippen molar-refractivity contribution < 1.29 is 78.0 Å². The summed E-state index contributed by atoms with van der Waals surface area (Å²) in [7, 11) is -4.97. The maximum absolute atomic E-state index is 10.4. The molecule has 0 bridgehead atoms. The quantitative estimate of drug-likeness (QED) is 0.404. The van der Waals surface area contributed by atoms with Gasteiger partial charge in [0.15, 0.2) is 0 Å². The number of hydrogen-bond donors (Lipinski definition) is 0. The number of rotatable bonds is 2. The fourth-order valence-electron chi connectivity index (χ4n) is 1.35. The van der Waals surface area contributed by atoms with E-state index in [9.17, 15) is 14.4 Å². The van der Waals surface area contributed by atoms with E-state index in [1.165, 1.54) is 12.1 Å². The van der Waals surface area contributed by atoms with Crippen LogP contribution in [-0.2, 0) is 4.57 Å². The molecule has 0 heterocycles. The number of fused-ring (bicyclic) bond motifs is 1. The molecule has 0 radical (unpaired) electrons. The summed E-state index contributed by atoms with van der Waals surface area (Å²) in [6, 6.07) is 12.0. The molecular weight excluding hydrogens is 261 g/mol. The van der Waals surface area contributed by atoms with Gasteiger partial charge in [0.2, 0.25) is 0 Å². The van der Waals surface area contributed by atoms with Gasteiger partial charge in [0.1, 0.15) is 13.6 Å². The number of benzene rings is 2. The molecule has 7 heteroatoms. The van der Waals surface area contributed by atoms with Crippen LogP contribution in [0.1, 0.15) is 0 Å². The Labute approximate surface area is 143 Å². The Morgan fingerprint density at radius 1 is 0.941 bits per heavy atom. The van der Waals surface area contributed by atoms with E-state index in [0.29, 0.717) is 0 Å². The molecule has 2 aromatic carbocycles. The topological polar surface area (TPSA) is 72.4 Å². The third-order valence-electron chi connectivity index (χ3n) is 1.94. The summed E-state index contributed by atoms with van der Waals surface area (Å²) in [5.41, 5.74) is 0. The van der Waals surface area contributed by atoms with Crippen LogP contribution >= 0.6 is 7.82 Å². The van der Waals surface area contributed by atoms with Crippen molar-refractivity contribution in [2.24, 2.45) is 0 Å². The minimum Gasteiger partial charge on any atom is -0.780 e. The fourth-order valence-corrected chi connectivity index (χ4v) is 1.73. The van der Waals surface area contributed by atoms with Gasteiger partial charge in [-0.25, -0.2) is 0 Å². The number of phosphoric ester groups is 1. The van der Waals surface area contributed by atoms with E-state index in [0.717, 1.165) is 10.8 Å². The second kappa shape index (κ2) is 7.29. The zero-order chi connectivity index (χ0) is 10.9. The molecule has 17 heavy (non-hydrogen) atoms. The predicted molar refractivity (Wildman–Crippen MR) is 52.2 cm³/mol. The first-order valence-corrected chi connectivity index (χ1v) is 5.71. The Bertz CT molecular complexity index is 541. The van der Waals surface area contributed by atoms with E-state index in [1.54, 1.807) is 6.07 Å². The van der Waals surface area contributed by atoms with E-state index >= 15 is 0 Å². The minimum atomic E-state index is -4.97. The molecule has 0 aromatic heterocycles. The van der Waals surface area contributed by atoms with E-state index in [4.69, 9.17) is 0 Å². The van der Waals surface area contributed by atoms with Gasteiger partial charge in [-0.3, -0.25) is 0 Å². The average Bonchev–Trinajstić information content (AvgIpc) is 2.15. The van der Waals surface area contributed by atoms with Gasteiger partial charge in [0.25, 0.3) is 0 Å². The predicted octanol–water partition coefficient (Wildman–Crippen LogP) is -4.94. The van der Waals surface area contributed by atoms with Gasteiger partial charge in [0.05, 0.1) is 0 Å². The van der Waals surface area contributed by atoms with Crippen molar-refractivity contribution in [3.63, 3.8) is 0 Å². The molecule has 0 unspecified atom stereocenters. The largest absolute Gasteiger partial charge is 1.00 e. The summed E-state index contributed by atoms with van der Waals surface area (Å²) in [6.07, 6.45) is 0. The second-order valence-corrected chi connectivity index (χ2v) is 4.12. The Morgan fingerprint density at radius 2 is 1.53 bits per heavy atom. The van der Waals surface area contributed by atoms with Crippen LogP contribution in [0.25, 0.3) is 10.8 Å². The normalized spacial score (nSPS) is 10.2. The maximum atomic E-state index is 10.4. The van der Waals surface area contributed by atoms with Gasteiger partial charge in [-0.1, -0.05) is 30.3 Å². The van der Waals surface area contributed by atoms with Crippen LogP contribution in [0.3, 0.4) is 0 Å². The Hall–Kier alpha value is 0.650. The van der Waals surface area contributed by atoms with E-state index in [1.807, 2.05) is 24.3 Å². The number of hydrogen-bond acceptors (Lipinski definition) is 4. The van der Waals surface area contributed by atoms with Gasteiger partial charge < -0.3 is 18.9 Å². The zero-order valence-electron chi connectivity index (χ0n) is 9.62. The molecule has 0 aliphatic rings. The van der Waals surface area contributed by atoms with Crippen molar-refractivity contribution in [1.82, 2.24) is 0 Å². The summed E-state index contributed by atoms with van der Waals surface area (Å²) < 4.78 is 14.6. The van der Waals surface area contributed by atoms with Crippen LogP contribution in [0, 0.1) is 0 Å². The van der Waals surface area contributed by atoms with Gasteiger partial charge in [-0.15, -0.1) is 0 Å². The van der Waals surface area contributed by atoms with Crippen LogP contribution in [0.15, 0.2) is 42.5 Å². The van der Waals surface area contributed by atoms with Crippen LogP contribution < -0.4 is 73.4 Å². The third-order valence-corrected chi connectivity index (χ3v) is 2.37. The Balaban J connectivity index is 0.00000128. The second-order valence-electron chi connectivity index (χ2n) is 3.05. The molecule has 2 rings (SSSR count). The molecule has 0 amide bonds. The first kappa shape index (κ1) is 17.6. The first-order chi connectivity index (χ1) is 7.04. The van der Waals surface area contributed by atoms with E-state index in [2.05, 4.69) is 4.52 Å². The van der Waals surface area contributed by atoms with Crippen LogP contribution in [0.2, 0.25) is 0 Å². The average molecular weight is 268 g/mol. The molecule has 0 saturated heterocycles. The molecule has 78 valence electrons. The maximum Gasteiger partial charge on any atom is 1.00 e. The van der Waals surface area contributed by atoms with Crippen molar-refractivity contribution in [2.75, 3.05) is 0 Å². The molecule has 0 aliphatic carbocycles. The van der Waals surface area contributed by atoms with Crippen molar-refractivity contribution >= 4 is 18.6 Å². The van der Waals surface area contributed by atoms with Gasteiger partial charge in [-0.05, 0) is 22.9 Å². The number of phosphoric acid groups is 1. The van der Waals surface area contributed by atoms with Crippen LogP contribution in [0.5, 0.6) is 5.75 Å². The van der Waals surface area contributed by atoms with Gasteiger partial charge in [-0.2, -0.15) is 0 Å². The van der Waals surface area contributed by atoms with Crippen LogP contribution in [0.4, 0.5) is 0 Å². The van der Waals surface area contributed by atoms with Crippen molar-refractivity contribution in [2.45, 2.75) is 0 Å². The first-order valence-electron chi connectivity index (χ1n) is 4.25. The molecule has 0 atom stereocenters. The zero-order valence-corrected chi connectivity index (χ0v) is 14.5. The molecule has 2 aromatic rings. The summed E-state index contributed by atoms with van der Waals surface area (Å²) >= 11 is 0. The molecule has 0 N–H and O–H groups in total. The molecule has 4 nitrogen and oxygen atoms in total. The third kappa shape index (κ3) is 5.43. The van der Waals surface area contributed by atoms with Gasteiger partial charge in [0, 0.05) is 0 Å².